The summed E-state index contributed by atoms with van der Waals surface area (Å²) in [7, 11) is 1.68. The van der Waals surface area contributed by atoms with E-state index in [9.17, 15) is 9.59 Å². The highest BCUT2D eigenvalue weighted by Crippen LogP contribution is 2.28. The van der Waals surface area contributed by atoms with Crippen molar-refractivity contribution in [1.82, 2.24) is 14.7 Å². The molecule has 3 rings (SSSR count). The van der Waals surface area contributed by atoms with Crippen LogP contribution in [0.4, 0.5) is 5.69 Å². The summed E-state index contributed by atoms with van der Waals surface area (Å²) in [6.07, 6.45) is 0.885. The number of carbonyl (C=O) groups is 2. The molecule has 2 aliphatic heterocycles. The van der Waals surface area contributed by atoms with E-state index < -0.39 is 0 Å². The smallest absolute Gasteiger partial charge is 0.236 e. The second kappa shape index (κ2) is 8.20. The van der Waals surface area contributed by atoms with Gasteiger partial charge in [0, 0.05) is 52.4 Å². The second-order valence-corrected chi connectivity index (χ2v) is 6.46. The number of para-hydroxylation sites is 2. The van der Waals surface area contributed by atoms with Gasteiger partial charge in [0.2, 0.25) is 12.3 Å². The van der Waals surface area contributed by atoms with E-state index in [2.05, 4.69) is 15.9 Å². The highest BCUT2D eigenvalue weighted by Gasteiger charge is 2.25. The molecule has 2 aliphatic rings. The Morgan fingerprint density at radius 1 is 1.04 bits per heavy atom. The predicted octanol–water partition coefficient (Wildman–Crippen LogP) is 0.118. The van der Waals surface area contributed by atoms with Gasteiger partial charge in [0.1, 0.15) is 5.75 Å². The summed E-state index contributed by atoms with van der Waals surface area (Å²) in [5, 5.41) is 0. The normalized spacial score (nSPS) is 19.0. The molecule has 2 amide bonds. The van der Waals surface area contributed by atoms with Gasteiger partial charge in [-0.05, 0) is 12.1 Å². The average molecular weight is 346 g/mol. The molecular weight excluding hydrogens is 320 g/mol. The number of nitrogens with zero attached hydrogens (tertiary/aromatic N) is 4. The Morgan fingerprint density at radius 2 is 1.72 bits per heavy atom. The van der Waals surface area contributed by atoms with Crippen molar-refractivity contribution in [3.05, 3.63) is 24.3 Å². The Kier molecular flexibility index (Phi) is 5.75. The number of benzene rings is 1. The molecule has 1 aromatic rings. The molecule has 0 aromatic heterocycles. The van der Waals surface area contributed by atoms with Crippen molar-refractivity contribution in [2.45, 2.75) is 0 Å². The van der Waals surface area contributed by atoms with E-state index in [-0.39, 0.29) is 5.91 Å². The summed E-state index contributed by atoms with van der Waals surface area (Å²) in [4.78, 5) is 31.4. The lowest BCUT2D eigenvalue weighted by Crippen LogP contribution is -2.53. The number of anilines is 1. The number of rotatable bonds is 5. The van der Waals surface area contributed by atoms with Crippen LogP contribution in [0.5, 0.6) is 5.75 Å². The van der Waals surface area contributed by atoms with Gasteiger partial charge in [0.15, 0.2) is 0 Å². The first-order valence-electron chi connectivity index (χ1n) is 8.78. The number of piperazine rings is 2. The van der Waals surface area contributed by atoms with E-state index in [1.807, 2.05) is 23.1 Å². The molecule has 2 saturated heterocycles. The van der Waals surface area contributed by atoms with Crippen LogP contribution in [-0.4, -0.2) is 93.0 Å². The fourth-order valence-corrected chi connectivity index (χ4v) is 3.41. The molecule has 7 nitrogen and oxygen atoms in total. The largest absolute Gasteiger partial charge is 0.495 e. The number of amides is 2. The Morgan fingerprint density at radius 3 is 2.36 bits per heavy atom. The summed E-state index contributed by atoms with van der Waals surface area (Å²) < 4.78 is 5.43. The van der Waals surface area contributed by atoms with Gasteiger partial charge in [-0.2, -0.15) is 0 Å². The van der Waals surface area contributed by atoms with Crippen molar-refractivity contribution in [3.63, 3.8) is 0 Å². The van der Waals surface area contributed by atoms with Crippen molar-refractivity contribution in [3.8, 4) is 5.75 Å². The second-order valence-electron chi connectivity index (χ2n) is 6.46. The average Bonchev–Trinajstić information content (AvgIpc) is 2.68. The van der Waals surface area contributed by atoms with Gasteiger partial charge >= 0.3 is 0 Å². The van der Waals surface area contributed by atoms with Crippen LogP contribution in [0.2, 0.25) is 0 Å². The molecule has 25 heavy (non-hydrogen) atoms. The van der Waals surface area contributed by atoms with Crippen LogP contribution in [0, 0.1) is 0 Å². The van der Waals surface area contributed by atoms with Gasteiger partial charge in [-0.25, -0.2) is 0 Å². The van der Waals surface area contributed by atoms with Crippen LogP contribution >= 0.6 is 0 Å². The monoisotopic (exact) mass is 346 g/mol. The lowest BCUT2D eigenvalue weighted by molar-refractivity contribution is -0.133. The van der Waals surface area contributed by atoms with Gasteiger partial charge in [-0.15, -0.1) is 0 Å². The van der Waals surface area contributed by atoms with E-state index >= 15 is 0 Å². The maximum Gasteiger partial charge on any atom is 0.236 e. The number of hydrogen-bond donors (Lipinski definition) is 0. The third-order valence-electron chi connectivity index (χ3n) is 4.97. The maximum absolute atomic E-state index is 12.5. The van der Waals surface area contributed by atoms with Crippen LogP contribution in [0.15, 0.2) is 24.3 Å². The first-order valence-corrected chi connectivity index (χ1v) is 8.78. The molecule has 0 unspecified atom stereocenters. The number of carbonyl (C=O) groups excluding carboxylic acids is 2. The van der Waals surface area contributed by atoms with Crippen LogP contribution in [-0.2, 0) is 9.59 Å². The zero-order valence-corrected chi connectivity index (χ0v) is 14.8. The number of ether oxygens (including phenoxy) is 1. The van der Waals surface area contributed by atoms with E-state index in [1.54, 1.807) is 12.0 Å². The summed E-state index contributed by atoms with van der Waals surface area (Å²) in [5.74, 6) is 1.05. The van der Waals surface area contributed by atoms with Gasteiger partial charge in [0.25, 0.3) is 0 Å². The van der Waals surface area contributed by atoms with Crippen LogP contribution in [0.3, 0.4) is 0 Å². The summed E-state index contributed by atoms with van der Waals surface area (Å²) >= 11 is 0. The highest BCUT2D eigenvalue weighted by atomic mass is 16.5. The summed E-state index contributed by atoms with van der Waals surface area (Å²) in [6.45, 7) is 6.47. The zero-order valence-electron chi connectivity index (χ0n) is 14.8. The zero-order chi connectivity index (χ0) is 17.6. The molecule has 1 aromatic carbocycles. The van der Waals surface area contributed by atoms with Gasteiger partial charge in [-0.3, -0.25) is 14.5 Å². The molecule has 0 radical (unpaired) electrons. The predicted molar refractivity (Wildman–Crippen MR) is 95.9 cm³/mol. The number of methoxy groups -OCH3 is 1. The molecule has 2 heterocycles. The first-order chi connectivity index (χ1) is 12.2. The van der Waals surface area contributed by atoms with E-state index in [1.165, 1.54) is 0 Å². The quantitative estimate of drug-likeness (QED) is 0.709. The summed E-state index contributed by atoms with van der Waals surface area (Å²) in [5.41, 5.74) is 1.09. The number of hydrogen-bond acceptors (Lipinski definition) is 5. The summed E-state index contributed by atoms with van der Waals surface area (Å²) in [6, 6.07) is 8.00. The van der Waals surface area contributed by atoms with E-state index in [0.29, 0.717) is 19.6 Å². The van der Waals surface area contributed by atoms with Crippen LogP contribution in [0.1, 0.15) is 0 Å². The molecule has 0 atom stereocenters. The van der Waals surface area contributed by atoms with Gasteiger partial charge < -0.3 is 19.4 Å². The molecule has 0 bridgehead atoms. The van der Waals surface area contributed by atoms with Crippen molar-refractivity contribution < 1.29 is 14.3 Å². The van der Waals surface area contributed by atoms with Crippen molar-refractivity contribution >= 4 is 18.0 Å². The molecule has 0 saturated carbocycles. The standard InChI is InChI=1S/C18H26N4O3/c1-25-17-5-3-2-4-16(17)21-10-12-22(13-11-21)18(24)14-19-6-8-20(15-23)9-7-19/h2-5,15H,6-14H2,1H3. The molecule has 136 valence electrons. The van der Waals surface area contributed by atoms with Crippen molar-refractivity contribution in [1.29, 1.82) is 0 Å². The Bertz CT molecular complexity index is 594. The fourth-order valence-electron chi connectivity index (χ4n) is 3.41. The lowest BCUT2D eigenvalue weighted by Gasteiger charge is -2.38. The molecule has 0 N–H and O–H groups in total. The lowest BCUT2D eigenvalue weighted by atomic mass is 10.2. The molecule has 0 spiro atoms. The van der Waals surface area contributed by atoms with E-state index in [4.69, 9.17) is 4.74 Å². The topological polar surface area (TPSA) is 56.3 Å². The van der Waals surface area contributed by atoms with Crippen LogP contribution in [0.25, 0.3) is 0 Å². The van der Waals surface area contributed by atoms with Crippen LogP contribution < -0.4 is 9.64 Å². The van der Waals surface area contributed by atoms with Gasteiger partial charge in [0.05, 0.1) is 19.3 Å². The fraction of sp³-hybridized carbons (Fsp3) is 0.556. The molecule has 0 aliphatic carbocycles. The third kappa shape index (κ3) is 4.22. The third-order valence-corrected chi connectivity index (χ3v) is 4.97. The minimum Gasteiger partial charge on any atom is -0.495 e. The van der Waals surface area contributed by atoms with Crippen molar-refractivity contribution in [2.24, 2.45) is 0 Å². The highest BCUT2D eigenvalue weighted by molar-refractivity contribution is 5.78. The van der Waals surface area contributed by atoms with Gasteiger partial charge in [-0.1, -0.05) is 12.1 Å². The minimum absolute atomic E-state index is 0.180. The Labute approximate surface area is 148 Å². The Hall–Kier alpha value is -2.28. The minimum atomic E-state index is 0.180. The first kappa shape index (κ1) is 17.5. The molecule has 2 fully saturated rings. The SMILES string of the molecule is COc1ccccc1N1CCN(C(=O)CN2CCN(C=O)CC2)CC1. The maximum atomic E-state index is 12.5. The van der Waals surface area contributed by atoms with Crippen molar-refractivity contribution in [2.75, 3.05) is 70.9 Å². The molecular formula is C18H26N4O3. The Balaban J connectivity index is 1.49. The molecule has 7 heteroatoms. The van der Waals surface area contributed by atoms with E-state index in [0.717, 1.165) is 57.1 Å².